The van der Waals surface area contributed by atoms with E-state index in [1.54, 1.807) is 26.1 Å². The number of likely N-dealkylation sites (N-methyl/N-ethyl adjacent to an activating group) is 1. The molecule has 0 N–H and O–H groups in total. The van der Waals surface area contributed by atoms with Gasteiger partial charge in [0, 0.05) is 46.5 Å². The lowest BCUT2D eigenvalue weighted by atomic mass is 10.2. The van der Waals surface area contributed by atoms with Crippen LogP contribution in [0.4, 0.5) is 0 Å². The molecule has 106 valence electrons. The molecule has 0 aliphatic carbocycles. The van der Waals surface area contributed by atoms with Gasteiger partial charge in [-0.3, -0.25) is 14.4 Å². The quantitative estimate of drug-likeness (QED) is 0.781. The van der Waals surface area contributed by atoms with Crippen LogP contribution in [0.2, 0.25) is 0 Å². The number of carbonyl (C=O) groups is 1. The third kappa shape index (κ3) is 3.33. The highest BCUT2D eigenvalue weighted by Gasteiger charge is 2.26. The van der Waals surface area contributed by atoms with Crippen LogP contribution in [-0.2, 0) is 22.6 Å². The number of aromatic nitrogens is 2. The molecule has 0 radical (unpaired) electrons. The Morgan fingerprint density at radius 2 is 2.37 bits per heavy atom. The minimum Gasteiger partial charge on any atom is -0.383 e. The molecule has 1 aliphatic rings. The summed E-state index contributed by atoms with van der Waals surface area (Å²) in [6, 6.07) is 2.28. The van der Waals surface area contributed by atoms with Gasteiger partial charge in [0.15, 0.2) is 0 Å². The van der Waals surface area contributed by atoms with Gasteiger partial charge in [0.05, 0.1) is 18.8 Å². The second-order valence-corrected chi connectivity index (χ2v) is 5.14. The van der Waals surface area contributed by atoms with Crippen molar-refractivity contribution in [1.82, 2.24) is 19.6 Å². The van der Waals surface area contributed by atoms with Gasteiger partial charge in [-0.15, -0.1) is 0 Å². The highest BCUT2D eigenvalue weighted by atomic mass is 16.5. The van der Waals surface area contributed by atoms with E-state index in [4.69, 9.17) is 4.74 Å². The highest BCUT2D eigenvalue weighted by molar-refractivity contribution is 5.77. The summed E-state index contributed by atoms with van der Waals surface area (Å²) in [6.45, 7) is 2.69. The van der Waals surface area contributed by atoms with Crippen molar-refractivity contribution in [2.24, 2.45) is 0 Å². The summed E-state index contributed by atoms with van der Waals surface area (Å²) in [5, 5.41) is 4.31. The lowest BCUT2D eigenvalue weighted by Crippen LogP contribution is -2.43. The Bertz CT molecular complexity index is 430. The van der Waals surface area contributed by atoms with Gasteiger partial charge in [-0.2, -0.15) is 5.10 Å². The fourth-order valence-electron chi connectivity index (χ4n) is 2.37. The summed E-state index contributed by atoms with van der Waals surface area (Å²) >= 11 is 0. The number of hydrogen-bond acceptors (Lipinski definition) is 4. The maximum atomic E-state index is 11.9. The number of nitrogens with zero attached hydrogens (tertiary/aromatic N) is 4. The molecule has 1 atom stereocenters. The monoisotopic (exact) mass is 266 g/mol. The molecule has 0 saturated heterocycles. The van der Waals surface area contributed by atoms with Crippen molar-refractivity contribution in [3.63, 3.8) is 0 Å². The number of carbonyl (C=O) groups excluding carboxylic acids is 1. The van der Waals surface area contributed by atoms with E-state index in [0.717, 1.165) is 25.2 Å². The van der Waals surface area contributed by atoms with Gasteiger partial charge >= 0.3 is 0 Å². The molecule has 0 fully saturated rings. The van der Waals surface area contributed by atoms with Crippen LogP contribution >= 0.6 is 0 Å². The van der Waals surface area contributed by atoms with Crippen molar-refractivity contribution >= 4 is 5.91 Å². The summed E-state index contributed by atoms with van der Waals surface area (Å²) in [5.41, 5.74) is 1.16. The fraction of sp³-hybridized carbons (Fsp3) is 0.692. The van der Waals surface area contributed by atoms with E-state index in [0.29, 0.717) is 13.2 Å². The van der Waals surface area contributed by atoms with E-state index in [-0.39, 0.29) is 11.9 Å². The van der Waals surface area contributed by atoms with Crippen LogP contribution in [0, 0.1) is 0 Å². The molecule has 1 aromatic rings. The molecule has 1 aliphatic heterocycles. The molecular formula is C13H22N4O2. The number of rotatable bonds is 4. The van der Waals surface area contributed by atoms with Crippen LogP contribution in [0.25, 0.3) is 0 Å². The van der Waals surface area contributed by atoms with Gasteiger partial charge in [0.1, 0.15) is 0 Å². The lowest BCUT2D eigenvalue weighted by molar-refractivity contribution is -0.131. The van der Waals surface area contributed by atoms with Crippen molar-refractivity contribution in [3.05, 3.63) is 18.0 Å². The van der Waals surface area contributed by atoms with Crippen molar-refractivity contribution in [1.29, 1.82) is 0 Å². The topological polar surface area (TPSA) is 50.6 Å². The molecule has 19 heavy (non-hydrogen) atoms. The molecule has 2 heterocycles. The molecule has 0 aromatic carbocycles. The third-order valence-electron chi connectivity index (χ3n) is 3.56. The van der Waals surface area contributed by atoms with Crippen molar-refractivity contribution in [2.75, 3.05) is 34.4 Å². The van der Waals surface area contributed by atoms with Gasteiger partial charge in [-0.05, 0) is 12.5 Å². The third-order valence-corrected chi connectivity index (χ3v) is 3.56. The van der Waals surface area contributed by atoms with Crippen LogP contribution in [-0.4, -0.2) is 65.9 Å². The number of aryl methyl sites for hydroxylation is 1. The Morgan fingerprint density at radius 3 is 3.05 bits per heavy atom. The normalized spacial score (nSPS) is 19.8. The molecule has 1 amide bonds. The first kappa shape index (κ1) is 14.0. The van der Waals surface area contributed by atoms with Gasteiger partial charge in [0.25, 0.3) is 0 Å². The first-order valence-corrected chi connectivity index (χ1v) is 6.55. The van der Waals surface area contributed by atoms with Gasteiger partial charge in [-0.25, -0.2) is 0 Å². The van der Waals surface area contributed by atoms with Crippen LogP contribution in [0.5, 0.6) is 0 Å². The van der Waals surface area contributed by atoms with Crippen LogP contribution < -0.4 is 0 Å². The van der Waals surface area contributed by atoms with Crippen LogP contribution in [0.15, 0.2) is 12.3 Å². The largest absolute Gasteiger partial charge is 0.383 e. The molecular weight excluding hydrogens is 244 g/mol. The molecule has 0 unspecified atom stereocenters. The van der Waals surface area contributed by atoms with Crippen LogP contribution in [0.1, 0.15) is 12.1 Å². The Balaban J connectivity index is 2.12. The molecule has 0 spiro atoms. The maximum absolute atomic E-state index is 11.9. The van der Waals surface area contributed by atoms with Crippen LogP contribution in [0.3, 0.4) is 0 Å². The van der Waals surface area contributed by atoms with Gasteiger partial charge in [-0.1, -0.05) is 0 Å². The number of fused-ring (bicyclic) bond motifs is 1. The summed E-state index contributed by atoms with van der Waals surface area (Å²) in [4.78, 5) is 15.8. The van der Waals surface area contributed by atoms with Gasteiger partial charge < -0.3 is 9.64 Å². The average Bonchev–Trinajstić information content (AvgIpc) is 2.74. The van der Waals surface area contributed by atoms with Gasteiger partial charge in [0.2, 0.25) is 5.91 Å². The smallest absolute Gasteiger partial charge is 0.236 e. The van der Waals surface area contributed by atoms with Crippen molar-refractivity contribution < 1.29 is 9.53 Å². The van der Waals surface area contributed by atoms with Crippen molar-refractivity contribution in [2.45, 2.75) is 25.6 Å². The van der Waals surface area contributed by atoms with E-state index in [2.05, 4.69) is 10.00 Å². The number of hydrogen-bond donors (Lipinski definition) is 0. The minimum atomic E-state index is 0.120. The first-order chi connectivity index (χ1) is 9.11. The summed E-state index contributed by atoms with van der Waals surface area (Å²) in [6.07, 6.45) is 2.77. The predicted octanol–water partition coefficient (Wildman–Crippen LogP) is 0.192. The predicted molar refractivity (Wildman–Crippen MR) is 71.6 cm³/mol. The van der Waals surface area contributed by atoms with Crippen molar-refractivity contribution in [3.8, 4) is 0 Å². The van der Waals surface area contributed by atoms with E-state index in [9.17, 15) is 4.79 Å². The van der Waals surface area contributed by atoms with E-state index in [1.807, 2.05) is 16.9 Å². The summed E-state index contributed by atoms with van der Waals surface area (Å²) in [5.74, 6) is 0.120. The summed E-state index contributed by atoms with van der Waals surface area (Å²) < 4.78 is 7.30. The summed E-state index contributed by atoms with van der Waals surface area (Å²) in [7, 11) is 5.28. The Morgan fingerprint density at radius 1 is 1.58 bits per heavy atom. The second kappa shape index (κ2) is 6.16. The second-order valence-electron chi connectivity index (χ2n) is 5.14. The molecule has 0 bridgehead atoms. The van der Waals surface area contributed by atoms with E-state index in [1.165, 1.54) is 0 Å². The molecule has 0 saturated carbocycles. The zero-order valence-electron chi connectivity index (χ0n) is 11.9. The zero-order chi connectivity index (χ0) is 13.8. The highest BCUT2D eigenvalue weighted by Crippen LogP contribution is 2.17. The molecule has 2 rings (SSSR count). The fourth-order valence-corrected chi connectivity index (χ4v) is 2.37. The number of ether oxygens (including phenoxy) is 1. The van der Waals surface area contributed by atoms with E-state index < -0.39 is 0 Å². The average molecular weight is 266 g/mol. The SMILES string of the molecule is COC[C@H]1CCn2nccc2CN1CC(=O)N(C)C. The number of methoxy groups -OCH3 is 1. The molecule has 6 heteroatoms. The van der Waals surface area contributed by atoms with E-state index >= 15 is 0 Å². The standard InChI is InChI=1S/C13H22N4O2/c1-15(2)13(18)9-16-8-11-4-6-14-17(11)7-5-12(16)10-19-3/h4,6,12H,5,7-10H2,1-3H3/t12-/m1/s1. The Kier molecular flexibility index (Phi) is 4.55. The Hall–Kier alpha value is -1.40. The lowest BCUT2D eigenvalue weighted by Gasteiger charge is -2.29. The molecule has 6 nitrogen and oxygen atoms in total. The minimum absolute atomic E-state index is 0.120. The molecule has 1 aromatic heterocycles. The maximum Gasteiger partial charge on any atom is 0.236 e. The Labute approximate surface area is 113 Å². The zero-order valence-corrected chi connectivity index (χ0v) is 11.9. The number of amides is 1. The first-order valence-electron chi connectivity index (χ1n) is 6.55.